The summed E-state index contributed by atoms with van der Waals surface area (Å²) in [6.07, 6.45) is 4.21. The minimum Gasteiger partial charge on any atom is -0.462 e. The molecule has 1 N–H and O–H groups in total. The van der Waals surface area contributed by atoms with Crippen molar-refractivity contribution in [3.05, 3.63) is 88.1 Å². The number of thiophene rings is 1. The zero-order valence-electron chi connectivity index (χ0n) is 19.8. The van der Waals surface area contributed by atoms with E-state index >= 15 is 0 Å². The Morgan fingerprint density at radius 3 is 2.49 bits per heavy atom. The van der Waals surface area contributed by atoms with Crippen LogP contribution in [-0.2, 0) is 20.7 Å². The van der Waals surface area contributed by atoms with E-state index in [9.17, 15) is 14.4 Å². The van der Waals surface area contributed by atoms with Crippen molar-refractivity contribution in [2.45, 2.75) is 51.1 Å². The van der Waals surface area contributed by atoms with Gasteiger partial charge in [0.05, 0.1) is 18.6 Å². The molecule has 1 heterocycles. The van der Waals surface area contributed by atoms with Gasteiger partial charge in [-0.3, -0.25) is 14.5 Å². The Morgan fingerprint density at radius 1 is 1.03 bits per heavy atom. The highest BCUT2D eigenvalue weighted by molar-refractivity contribution is 7.10. The number of nitrogens with zero attached hydrogens (tertiary/aromatic N) is 1. The van der Waals surface area contributed by atoms with Crippen LogP contribution in [-0.4, -0.2) is 30.4 Å². The summed E-state index contributed by atoms with van der Waals surface area (Å²) in [5, 5.41) is 5.10. The number of benzene rings is 2. The van der Waals surface area contributed by atoms with Crippen molar-refractivity contribution < 1.29 is 19.1 Å². The van der Waals surface area contributed by atoms with Gasteiger partial charge in [0.2, 0.25) is 11.8 Å². The molecule has 1 saturated carbocycles. The lowest BCUT2D eigenvalue weighted by Gasteiger charge is -2.32. The molecule has 0 saturated heterocycles. The van der Waals surface area contributed by atoms with Crippen LogP contribution >= 0.6 is 11.3 Å². The minimum absolute atomic E-state index is 0.105. The molecule has 1 aliphatic rings. The highest BCUT2D eigenvalue weighted by Crippen LogP contribution is 2.31. The van der Waals surface area contributed by atoms with Gasteiger partial charge in [0.15, 0.2) is 0 Å². The Labute approximate surface area is 209 Å². The maximum absolute atomic E-state index is 13.8. The number of carbonyl (C=O) groups excluding carboxylic acids is 3. The van der Waals surface area contributed by atoms with Gasteiger partial charge in [-0.1, -0.05) is 55.3 Å². The number of carbonyl (C=O) groups is 3. The molecule has 0 spiro atoms. The monoisotopic (exact) mass is 490 g/mol. The molecular weight excluding hydrogens is 460 g/mol. The van der Waals surface area contributed by atoms with Crippen LogP contribution in [0.15, 0.2) is 72.1 Å². The van der Waals surface area contributed by atoms with Gasteiger partial charge >= 0.3 is 5.97 Å². The number of nitrogens with one attached hydrogen (secondary N) is 1. The molecule has 0 unspecified atom stereocenters. The molecule has 0 aliphatic heterocycles. The molecule has 0 bridgehead atoms. The van der Waals surface area contributed by atoms with Gasteiger partial charge in [0, 0.05) is 16.6 Å². The third-order valence-electron chi connectivity index (χ3n) is 6.13. The number of amides is 2. The maximum atomic E-state index is 13.8. The topological polar surface area (TPSA) is 75.7 Å². The molecule has 35 heavy (non-hydrogen) atoms. The number of ether oxygens (including phenoxy) is 1. The Morgan fingerprint density at radius 2 is 1.80 bits per heavy atom. The van der Waals surface area contributed by atoms with Crippen molar-refractivity contribution in [1.29, 1.82) is 0 Å². The quantitative estimate of drug-likeness (QED) is 0.413. The molecule has 2 aromatic carbocycles. The number of esters is 1. The summed E-state index contributed by atoms with van der Waals surface area (Å²) in [5.74, 6) is -0.903. The lowest BCUT2D eigenvalue weighted by Crippen LogP contribution is -2.46. The Bertz CT molecular complexity index is 1140. The van der Waals surface area contributed by atoms with Crippen LogP contribution in [0.5, 0.6) is 0 Å². The van der Waals surface area contributed by atoms with Crippen LogP contribution < -0.4 is 10.2 Å². The van der Waals surface area contributed by atoms with Crippen molar-refractivity contribution >= 4 is 34.8 Å². The van der Waals surface area contributed by atoms with Gasteiger partial charge in [0.1, 0.15) is 6.04 Å². The lowest BCUT2D eigenvalue weighted by molar-refractivity contribution is -0.127. The van der Waals surface area contributed by atoms with E-state index in [1.54, 1.807) is 31.2 Å². The molecule has 182 valence electrons. The van der Waals surface area contributed by atoms with Gasteiger partial charge in [-0.2, -0.15) is 0 Å². The smallest absolute Gasteiger partial charge is 0.338 e. The summed E-state index contributed by atoms with van der Waals surface area (Å²) < 4.78 is 5.17. The third-order valence-corrected chi connectivity index (χ3v) is 7.01. The second-order valence-electron chi connectivity index (χ2n) is 8.59. The van der Waals surface area contributed by atoms with Gasteiger partial charge < -0.3 is 10.1 Å². The van der Waals surface area contributed by atoms with E-state index in [1.165, 1.54) is 16.2 Å². The average molecular weight is 491 g/mol. The van der Waals surface area contributed by atoms with E-state index in [-0.39, 0.29) is 30.9 Å². The van der Waals surface area contributed by atoms with Gasteiger partial charge in [-0.25, -0.2) is 4.79 Å². The first-order valence-electron chi connectivity index (χ1n) is 12.0. The minimum atomic E-state index is -0.873. The third kappa shape index (κ3) is 6.17. The zero-order chi connectivity index (χ0) is 24.6. The molecule has 3 aromatic rings. The highest BCUT2D eigenvalue weighted by Gasteiger charge is 2.34. The van der Waals surface area contributed by atoms with Gasteiger partial charge in [0.25, 0.3) is 0 Å². The second kappa shape index (κ2) is 11.8. The van der Waals surface area contributed by atoms with E-state index in [4.69, 9.17) is 4.74 Å². The van der Waals surface area contributed by atoms with Crippen molar-refractivity contribution in [2.75, 3.05) is 11.5 Å². The van der Waals surface area contributed by atoms with E-state index < -0.39 is 12.0 Å². The van der Waals surface area contributed by atoms with Crippen molar-refractivity contribution in [3.8, 4) is 0 Å². The summed E-state index contributed by atoms with van der Waals surface area (Å²) in [6.45, 7) is 2.00. The van der Waals surface area contributed by atoms with Crippen LogP contribution in [0.1, 0.15) is 59.4 Å². The number of anilines is 1. The van der Waals surface area contributed by atoms with E-state index in [2.05, 4.69) is 5.32 Å². The van der Waals surface area contributed by atoms with E-state index in [1.807, 2.05) is 47.8 Å². The molecule has 0 radical (unpaired) electrons. The van der Waals surface area contributed by atoms with Crippen LogP contribution in [0, 0.1) is 0 Å². The van der Waals surface area contributed by atoms with Crippen molar-refractivity contribution in [2.24, 2.45) is 0 Å². The fraction of sp³-hybridized carbons (Fsp3) is 0.321. The highest BCUT2D eigenvalue weighted by atomic mass is 32.1. The summed E-state index contributed by atoms with van der Waals surface area (Å²) in [5.41, 5.74) is 1.53. The van der Waals surface area contributed by atoms with Gasteiger partial charge in [-0.15, -0.1) is 11.3 Å². The summed E-state index contributed by atoms with van der Waals surface area (Å²) in [4.78, 5) is 42.4. The average Bonchev–Trinajstić information content (AvgIpc) is 3.57. The lowest BCUT2D eigenvalue weighted by atomic mass is 10.0. The summed E-state index contributed by atoms with van der Waals surface area (Å²) >= 11 is 1.50. The number of rotatable bonds is 9. The molecule has 6 nitrogen and oxygen atoms in total. The molecular formula is C28H30N2O4S. The predicted molar refractivity (Wildman–Crippen MR) is 137 cm³/mol. The fourth-order valence-electron chi connectivity index (χ4n) is 4.48. The standard InChI is InChI=1S/C28H30N2O4S/c1-2-34-28(33)21-12-8-15-23(18-21)30(25(31)19-24-16-9-17-35-24)26(20-10-4-3-5-11-20)27(32)29-22-13-6-7-14-22/h3-5,8-12,15-18,22,26H,2,6-7,13-14,19H2,1H3,(H,29,32)/t26-/m0/s1. The van der Waals surface area contributed by atoms with Crippen molar-refractivity contribution in [3.63, 3.8) is 0 Å². The molecule has 1 fully saturated rings. The van der Waals surface area contributed by atoms with Crippen LogP contribution in [0.2, 0.25) is 0 Å². The molecule has 1 aromatic heterocycles. The van der Waals surface area contributed by atoms with E-state index in [0.717, 1.165) is 30.6 Å². The summed E-state index contributed by atoms with van der Waals surface area (Å²) in [7, 11) is 0. The normalized spacial score (nSPS) is 14.3. The largest absolute Gasteiger partial charge is 0.462 e. The van der Waals surface area contributed by atoms with Crippen LogP contribution in [0.25, 0.3) is 0 Å². The first-order chi connectivity index (χ1) is 17.1. The SMILES string of the molecule is CCOC(=O)c1cccc(N(C(=O)Cc2cccs2)[C@H](C(=O)NC2CCCC2)c2ccccc2)c1. The Kier molecular flexibility index (Phi) is 8.32. The zero-order valence-corrected chi connectivity index (χ0v) is 20.6. The number of hydrogen-bond donors (Lipinski definition) is 1. The van der Waals surface area contributed by atoms with E-state index in [0.29, 0.717) is 16.8 Å². The molecule has 2 amide bonds. The van der Waals surface area contributed by atoms with Crippen LogP contribution in [0.3, 0.4) is 0 Å². The molecule has 1 atom stereocenters. The van der Waals surface area contributed by atoms with Crippen molar-refractivity contribution in [1.82, 2.24) is 5.32 Å². The number of hydrogen-bond acceptors (Lipinski definition) is 5. The fourth-order valence-corrected chi connectivity index (χ4v) is 5.18. The maximum Gasteiger partial charge on any atom is 0.338 e. The first kappa shape index (κ1) is 24.7. The molecule has 4 rings (SSSR count). The van der Waals surface area contributed by atoms with Gasteiger partial charge in [-0.05, 0) is 55.0 Å². The molecule has 7 heteroatoms. The summed E-state index contributed by atoms with van der Waals surface area (Å²) in [6, 6.07) is 19.1. The Hall–Kier alpha value is -3.45. The first-order valence-corrected chi connectivity index (χ1v) is 12.9. The second-order valence-corrected chi connectivity index (χ2v) is 9.63. The predicted octanol–water partition coefficient (Wildman–Crippen LogP) is 5.30. The van der Waals surface area contributed by atoms with Crippen LogP contribution in [0.4, 0.5) is 5.69 Å². The molecule has 1 aliphatic carbocycles. The Balaban J connectivity index is 1.77.